The lowest BCUT2D eigenvalue weighted by Gasteiger charge is -2.34. The van der Waals surface area contributed by atoms with E-state index in [1.807, 2.05) is 26.0 Å². The van der Waals surface area contributed by atoms with Crippen molar-refractivity contribution in [2.45, 2.75) is 71.2 Å². The molecule has 1 aromatic rings. The molecule has 4 rings (SSSR count). The van der Waals surface area contributed by atoms with Crippen LogP contribution in [0, 0.1) is 13.8 Å². The molecule has 3 aliphatic rings. The number of carboxylic acids is 1. The van der Waals surface area contributed by atoms with Crippen LogP contribution in [0.15, 0.2) is 21.7 Å². The number of benzene rings is 1. The maximum absolute atomic E-state index is 12.5. The van der Waals surface area contributed by atoms with E-state index in [0.29, 0.717) is 31.4 Å². The summed E-state index contributed by atoms with van der Waals surface area (Å²) in [7, 11) is 0. The fourth-order valence-corrected chi connectivity index (χ4v) is 4.59. The summed E-state index contributed by atoms with van der Waals surface area (Å²) in [4.78, 5) is 58.8. The standard InChI is InChI=1S/C24H30N6O6/c1-12-10-15-16(11-13(12)2)30(19-18(26-15)20(31)29-22(34)28-19)9-8-25-17-7-5-6-14(21(32)33)27-23(35)36-24(17,3)4/h10-11,14,17,25H,5-9H2,1-4H3,(H,27,35)(H,32,33)(H,29,31,34). The number of carbonyl (C=O) groups is 2. The zero-order valence-corrected chi connectivity index (χ0v) is 20.7. The summed E-state index contributed by atoms with van der Waals surface area (Å²) in [6, 6.07) is 2.57. The third kappa shape index (κ3) is 5.08. The van der Waals surface area contributed by atoms with Crippen molar-refractivity contribution >= 4 is 23.1 Å². The number of nitrogens with one attached hydrogen (secondary N) is 3. The highest BCUT2D eigenvalue weighted by atomic mass is 16.6. The van der Waals surface area contributed by atoms with Gasteiger partial charge in [-0.2, -0.15) is 4.98 Å². The van der Waals surface area contributed by atoms with E-state index in [2.05, 4.69) is 25.6 Å². The molecule has 1 fully saturated rings. The fraction of sp³-hybridized carbons (Fsp3) is 0.500. The molecule has 0 aliphatic carbocycles. The highest BCUT2D eigenvalue weighted by molar-refractivity contribution is 5.81. The van der Waals surface area contributed by atoms with Gasteiger partial charge in [0.05, 0.1) is 11.0 Å². The fourth-order valence-electron chi connectivity index (χ4n) is 4.59. The molecule has 1 saturated heterocycles. The van der Waals surface area contributed by atoms with Gasteiger partial charge in [-0.25, -0.2) is 19.4 Å². The van der Waals surface area contributed by atoms with Crippen LogP contribution in [0.3, 0.4) is 0 Å². The smallest absolute Gasteiger partial charge is 0.408 e. The van der Waals surface area contributed by atoms with Crippen LogP contribution in [0.2, 0.25) is 0 Å². The molecule has 0 aromatic heterocycles. The van der Waals surface area contributed by atoms with Crippen LogP contribution in [0.25, 0.3) is 22.6 Å². The van der Waals surface area contributed by atoms with Crippen molar-refractivity contribution < 1.29 is 19.4 Å². The molecule has 2 atom stereocenters. The lowest BCUT2D eigenvalue weighted by Crippen LogP contribution is -2.51. The highest BCUT2D eigenvalue weighted by Crippen LogP contribution is 2.25. The number of aliphatic carboxylic acids is 1. The van der Waals surface area contributed by atoms with Crippen molar-refractivity contribution in [3.8, 4) is 11.5 Å². The Morgan fingerprint density at radius 3 is 2.64 bits per heavy atom. The molecule has 0 radical (unpaired) electrons. The number of carbonyl (C=O) groups excluding carboxylic acids is 1. The van der Waals surface area contributed by atoms with Crippen LogP contribution in [0.1, 0.15) is 44.2 Å². The first-order chi connectivity index (χ1) is 17.0. The van der Waals surface area contributed by atoms with E-state index in [4.69, 9.17) is 4.74 Å². The normalized spacial score (nSPS) is 20.3. The number of alkyl carbamates (subject to hydrolysis) is 1. The van der Waals surface area contributed by atoms with Gasteiger partial charge in [0.15, 0.2) is 11.5 Å². The van der Waals surface area contributed by atoms with Crippen molar-refractivity contribution in [2.75, 3.05) is 6.54 Å². The van der Waals surface area contributed by atoms with E-state index in [1.54, 1.807) is 18.4 Å². The molecular formula is C24H30N6O6. The molecule has 12 heteroatoms. The number of nitrogens with zero attached hydrogens (tertiary/aromatic N) is 3. The van der Waals surface area contributed by atoms with Crippen LogP contribution in [0.4, 0.5) is 4.79 Å². The molecule has 12 nitrogen and oxygen atoms in total. The minimum absolute atomic E-state index is 0.0767. The Bertz CT molecular complexity index is 1410. The quantitative estimate of drug-likeness (QED) is 0.379. The van der Waals surface area contributed by atoms with E-state index in [9.17, 15) is 24.3 Å². The third-order valence-corrected chi connectivity index (χ3v) is 6.72. The van der Waals surface area contributed by atoms with Crippen LogP contribution < -0.4 is 21.9 Å². The van der Waals surface area contributed by atoms with Crippen LogP contribution in [0.5, 0.6) is 0 Å². The zero-order chi connectivity index (χ0) is 26.2. The number of hydrogen-bond donors (Lipinski definition) is 4. The maximum atomic E-state index is 12.5. The number of carboxylic acid groups (broad SMARTS) is 1. The number of rotatable bonds is 5. The number of fused-ring (bicyclic) bond motifs is 2. The SMILES string of the molecule is Cc1cc2nc3c(=O)[nH]c(=O)nc-3n(CCNC3CCCC(C(=O)O)NC(=O)OC3(C)C)c2cc1C. The first-order valence-corrected chi connectivity index (χ1v) is 11.8. The second-order valence-electron chi connectivity index (χ2n) is 9.70. The van der Waals surface area contributed by atoms with Crippen LogP contribution in [-0.4, -0.2) is 60.9 Å². The number of H-pyrrole nitrogens is 1. The predicted octanol–water partition coefficient (Wildman–Crippen LogP) is 1.30. The van der Waals surface area contributed by atoms with Crippen LogP contribution >= 0.6 is 0 Å². The van der Waals surface area contributed by atoms with Gasteiger partial charge in [-0.1, -0.05) is 0 Å². The number of aromatic nitrogens is 4. The van der Waals surface area contributed by atoms with Gasteiger partial charge in [0.2, 0.25) is 0 Å². The Morgan fingerprint density at radius 2 is 1.92 bits per heavy atom. The van der Waals surface area contributed by atoms with Crippen molar-refractivity contribution in [2.24, 2.45) is 0 Å². The van der Waals surface area contributed by atoms with Gasteiger partial charge in [0, 0.05) is 19.1 Å². The Labute approximate surface area is 206 Å². The molecule has 0 saturated carbocycles. The van der Waals surface area contributed by atoms with Gasteiger partial charge in [-0.05, 0) is 70.2 Å². The second kappa shape index (κ2) is 9.69. The van der Waals surface area contributed by atoms with Crippen molar-refractivity contribution in [1.82, 2.24) is 30.2 Å². The minimum atomic E-state index is -1.10. The summed E-state index contributed by atoms with van der Waals surface area (Å²) < 4.78 is 7.36. The lowest BCUT2D eigenvalue weighted by molar-refractivity contribution is -0.139. The number of cyclic esters (lactones) is 1. The monoisotopic (exact) mass is 498 g/mol. The molecule has 2 unspecified atom stereocenters. The van der Waals surface area contributed by atoms with E-state index in [1.165, 1.54) is 0 Å². The van der Waals surface area contributed by atoms with Crippen molar-refractivity contribution in [1.29, 1.82) is 0 Å². The topological polar surface area (TPSA) is 168 Å². The molecule has 0 bridgehead atoms. The number of aromatic amines is 1. The Balaban J connectivity index is 1.64. The summed E-state index contributed by atoms with van der Waals surface area (Å²) in [6.07, 6.45) is 0.643. The van der Waals surface area contributed by atoms with Gasteiger partial charge in [-0.15, -0.1) is 0 Å². The van der Waals surface area contributed by atoms with Gasteiger partial charge in [-0.3, -0.25) is 9.78 Å². The Hall–Kier alpha value is -3.80. The summed E-state index contributed by atoms with van der Waals surface area (Å²) >= 11 is 0. The van der Waals surface area contributed by atoms with Gasteiger partial charge in [0.25, 0.3) is 5.56 Å². The first kappa shape index (κ1) is 25.3. The molecule has 192 valence electrons. The molecule has 1 aromatic carbocycles. The first-order valence-electron chi connectivity index (χ1n) is 11.8. The highest BCUT2D eigenvalue weighted by Gasteiger charge is 2.36. The average molecular weight is 499 g/mol. The van der Waals surface area contributed by atoms with E-state index in [0.717, 1.165) is 16.6 Å². The predicted molar refractivity (Wildman–Crippen MR) is 131 cm³/mol. The molecular weight excluding hydrogens is 468 g/mol. The Morgan fingerprint density at radius 1 is 1.19 bits per heavy atom. The minimum Gasteiger partial charge on any atom is -0.480 e. The summed E-state index contributed by atoms with van der Waals surface area (Å²) in [5.41, 5.74) is 1.20. The summed E-state index contributed by atoms with van der Waals surface area (Å²) in [5, 5.41) is 15.2. The van der Waals surface area contributed by atoms with Crippen molar-refractivity contribution in [3.05, 3.63) is 44.1 Å². The number of hydrogen-bond acceptors (Lipinski definition) is 8. The lowest BCUT2D eigenvalue weighted by atomic mass is 9.93. The van der Waals surface area contributed by atoms with E-state index in [-0.39, 0.29) is 24.0 Å². The number of aryl methyl sites for hydroxylation is 2. The molecule has 3 aliphatic heterocycles. The second-order valence-corrected chi connectivity index (χ2v) is 9.70. The average Bonchev–Trinajstić information content (AvgIpc) is 2.82. The summed E-state index contributed by atoms with van der Waals surface area (Å²) in [5.74, 6) is -0.912. The van der Waals surface area contributed by atoms with Crippen LogP contribution in [-0.2, 0) is 16.1 Å². The number of amides is 1. The van der Waals surface area contributed by atoms with E-state index >= 15 is 0 Å². The largest absolute Gasteiger partial charge is 0.480 e. The molecule has 0 spiro atoms. The molecule has 1 amide bonds. The summed E-state index contributed by atoms with van der Waals surface area (Å²) in [6.45, 7) is 8.22. The van der Waals surface area contributed by atoms with Gasteiger partial charge >= 0.3 is 17.8 Å². The maximum Gasteiger partial charge on any atom is 0.408 e. The van der Waals surface area contributed by atoms with Gasteiger partial charge in [0.1, 0.15) is 11.6 Å². The molecule has 4 N–H and O–H groups in total. The van der Waals surface area contributed by atoms with E-state index < -0.39 is 35.0 Å². The van der Waals surface area contributed by atoms with Crippen molar-refractivity contribution in [3.63, 3.8) is 0 Å². The van der Waals surface area contributed by atoms with Gasteiger partial charge < -0.3 is 25.0 Å². The third-order valence-electron chi connectivity index (χ3n) is 6.72. The molecule has 3 heterocycles. The Kier molecular flexibility index (Phi) is 6.81. The molecule has 36 heavy (non-hydrogen) atoms. The number of ether oxygens (including phenoxy) is 1. The zero-order valence-electron chi connectivity index (χ0n) is 20.7.